The Hall–Kier alpha value is -4.94. The molecule has 0 spiro atoms. The smallest absolute Gasteiger partial charge is 0.224 e. The van der Waals surface area contributed by atoms with Crippen LogP contribution in [0.5, 0.6) is 0 Å². The van der Waals surface area contributed by atoms with Gasteiger partial charge < -0.3 is 35.5 Å². The number of imidazole rings is 1. The van der Waals surface area contributed by atoms with Crippen molar-refractivity contribution in [3.63, 3.8) is 0 Å². The van der Waals surface area contributed by atoms with Crippen molar-refractivity contribution >= 4 is 35.0 Å². The zero-order valence-corrected chi connectivity index (χ0v) is 29.4. The van der Waals surface area contributed by atoms with Crippen LogP contribution in [0.25, 0.3) is 11.1 Å². The van der Waals surface area contributed by atoms with E-state index in [1.807, 2.05) is 78.5 Å². The largest absolute Gasteiger partial charge is 0.397 e. The van der Waals surface area contributed by atoms with Crippen LogP contribution < -0.4 is 16.4 Å². The van der Waals surface area contributed by atoms with Crippen molar-refractivity contribution in [1.29, 1.82) is 0 Å². The minimum atomic E-state index is -0.550. The Morgan fingerprint density at radius 2 is 1.67 bits per heavy atom. The number of aliphatic hydroxyl groups is 1. The van der Waals surface area contributed by atoms with Gasteiger partial charge in [0.15, 0.2) is 11.4 Å². The second kappa shape index (κ2) is 17.3. The number of amides is 2. The molecule has 0 saturated carbocycles. The van der Waals surface area contributed by atoms with Crippen LogP contribution in [0, 0.1) is 0 Å². The van der Waals surface area contributed by atoms with Crippen molar-refractivity contribution < 1.29 is 24.2 Å². The summed E-state index contributed by atoms with van der Waals surface area (Å²) in [5.74, 6) is 0.452. The number of hydrogen-bond donors (Lipinski definition) is 4. The monoisotopic (exact) mass is 705 g/mol. The number of nitrogens with one attached hydrogen (secondary N) is 2. The number of aryl methyl sites for hydroxylation is 1. The molecule has 3 atom stereocenters. The molecule has 5 N–H and O–H groups in total. The van der Waals surface area contributed by atoms with E-state index in [9.17, 15) is 14.7 Å². The Bertz CT molecular complexity index is 1910. The first-order valence-electron chi connectivity index (χ1n) is 17.1. The highest BCUT2D eigenvalue weighted by Gasteiger charge is 2.32. The predicted octanol–water partition coefficient (Wildman–Crippen LogP) is 6.92. The quantitative estimate of drug-likeness (QED) is 0.0721. The molecular weight excluding hydrogens is 663 g/mol. The average Bonchev–Trinajstić information content (AvgIpc) is 3.58. The van der Waals surface area contributed by atoms with Gasteiger partial charge >= 0.3 is 0 Å². The van der Waals surface area contributed by atoms with Crippen molar-refractivity contribution in [2.75, 3.05) is 16.8 Å². The minimum Gasteiger partial charge on any atom is -0.397 e. The summed E-state index contributed by atoms with van der Waals surface area (Å²) in [5, 5.41) is 16.2. The maximum absolute atomic E-state index is 12.5. The average molecular weight is 706 g/mol. The molecule has 6 rings (SSSR count). The fourth-order valence-corrected chi connectivity index (χ4v) is 6.85. The Morgan fingerprint density at radius 1 is 0.902 bits per heavy atom. The van der Waals surface area contributed by atoms with E-state index in [4.69, 9.17) is 15.2 Å². The molecule has 10 nitrogen and oxygen atoms in total. The first-order valence-corrected chi connectivity index (χ1v) is 18.0. The molecule has 11 heteroatoms. The van der Waals surface area contributed by atoms with Crippen molar-refractivity contribution in [3.05, 3.63) is 132 Å². The number of nitrogens with zero attached hydrogens (tertiary/aromatic N) is 2. The van der Waals surface area contributed by atoms with Crippen LogP contribution in [0.1, 0.15) is 60.3 Å². The van der Waals surface area contributed by atoms with Gasteiger partial charge in [0, 0.05) is 56.6 Å². The summed E-state index contributed by atoms with van der Waals surface area (Å²) in [6.07, 6.45) is 4.57. The maximum Gasteiger partial charge on any atom is 0.224 e. The van der Waals surface area contributed by atoms with Gasteiger partial charge in [-0.3, -0.25) is 9.59 Å². The number of thioether (sulfide) groups is 1. The van der Waals surface area contributed by atoms with Crippen LogP contribution in [0.3, 0.4) is 0 Å². The molecule has 1 fully saturated rings. The normalized spacial score (nSPS) is 17.2. The molecule has 2 amide bonds. The zero-order valence-electron chi connectivity index (χ0n) is 28.5. The first-order chi connectivity index (χ1) is 24.8. The number of ether oxygens (including phenoxy) is 2. The van der Waals surface area contributed by atoms with E-state index in [-0.39, 0.29) is 43.5 Å². The standard InChI is InChI=1S/C40H43N5O5S/c1-45-21-20-42-40(45)51-26-33-23-36(30-14-12-27(25-46)13-15-30)50-39(49-33)31-18-16-29(17-19-31)32-7-4-6-28(22-32)24-43-37(47)10-5-11-38(48)44-35-9-3-2-8-34(35)41/h2-4,6-9,12-22,33,36,39,46H,5,10-11,23-26,41H2,1H3,(H,43,47)(H,44,48)/t33-,36+,39+/m0/s1. The molecule has 2 heterocycles. The topological polar surface area (TPSA) is 141 Å². The van der Waals surface area contributed by atoms with E-state index in [1.54, 1.807) is 36.2 Å². The highest BCUT2D eigenvalue weighted by atomic mass is 32.2. The third-order valence-corrected chi connectivity index (χ3v) is 9.96. The molecule has 264 valence electrons. The van der Waals surface area contributed by atoms with Crippen LogP contribution in [-0.2, 0) is 39.3 Å². The molecule has 1 aromatic heterocycles. The summed E-state index contributed by atoms with van der Waals surface area (Å²) in [7, 11) is 1.98. The van der Waals surface area contributed by atoms with Gasteiger partial charge in [-0.25, -0.2) is 4.98 Å². The number of carbonyl (C=O) groups is 2. The first kappa shape index (κ1) is 35.9. The molecule has 0 aliphatic carbocycles. The van der Waals surface area contributed by atoms with Crippen molar-refractivity contribution in [2.24, 2.45) is 7.05 Å². The highest BCUT2D eigenvalue weighted by Crippen LogP contribution is 2.39. The summed E-state index contributed by atoms with van der Waals surface area (Å²) in [6.45, 7) is 0.387. The molecule has 5 aromatic rings. The molecule has 1 saturated heterocycles. The molecule has 4 aromatic carbocycles. The highest BCUT2D eigenvalue weighted by molar-refractivity contribution is 7.99. The molecule has 0 unspecified atom stereocenters. The Morgan fingerprint density at radius 3 is 2.41 bits per heavy atom. The Balaban J connectivity index is 1.04. The van der Waals surface area contributed by atoms with Gasteiger partial charge in [0.05, 0.1) is 30.2 Å². The number of rotatable bonds is 14. The molecule has 0 bridgehead atoms. The van der Waals surface area contributed by atoms with Crippen LogP contribution >= 0.6 is 11.8 Å². The van der Waals surface area contributed by atoms with E-state index < -0.39 is 6.29 Å². The van der Waals surface area contributed by atoms with E-state index >= 15 is 0 Å². The molecule has 0 radical (unpaired) electrons. The van der Waals surface area contributed by atoms with Gasteiger partial charge in [0.25, 0.3) is 0 Å². The predicted molar refractivity (Wildman–Crippen MR) is 199 cm³/mol. The number of nitrogen functional groups attached to an aromatic ring is 1. The van der Waals surface area contributed by atoms with Gasteiger partial charge in [0.1, 0.15) is 0 Å². The summed E-state index contributed by atoms with van der Waals surface area (Å²) in [6, 6.07) is 31.3. The molecular formula is C40H43N5O5S. The SMILES string of the molecule is Cn1ccnc1SC[C@@H]1C[C@H](c2ccc(CO)cc2)O[C@H](c2ccc(-c3cccc(CNC(=O)CCCC(=O)Nc4ccccc4N)c3)cc2)O1. The van der Waals surface area contributed by atoms with E-state index in [2.05, 4.69) is 33.8 Å². The van der Waals surface area contributed by atoms with Crippen LogP contribution in [0.15, 0.2) is 115 Å². The second-order valence-corrected chi connectivity index (χ2v) is 13.6. The molecule has 51 heavy (non-hydrogen) atoms. The number of benzene rings is 4. The molecule has 1 aliphatic heterocycles. The second-order valence-electron chi connectivity index (χ2n) is 12.6. The van der Waals surface area contributed by atoms with Gasteiger partial charge in [-0.1, -0.05) is 90.6 Å². The van der Waals surface area contributed by atoms with Gasteiger partial charge in [-0.05, 0) is 52.4 Å². The Kier molecular flexibility index (Phi) is 12.2. The third kappa shape index (κ3) is 9.86. The number of carbonyl (C=O) groups excluding carboxylic acids is 2. The van der Waals surface area contributed by atoms with E-state index in [0.717, 1.165) is 44.3 Å². The molecule has 1 aliphatic rings. The zero-order chi connectivity index (χ0) is 35.6. The Labute approximate surface area is 302 Å². The van der Waals surface area contributed by atoms with Gasteiger partial charge in [0.2, 0.25) is 11.8 Å². The minimum absolute atomic E-state index is 0.00163. The number of aliphatic hydroxyl groups excluding tert-OH is 1. The number of nitrogens with two attached hydrogens (primary N) is 1. The van der Waals surface area contributed by atoms with Crippen molar-refractivity contribution in [1.82, 2.24) is 14.9 Å². The lowest BCUT2D eigenvalue weighted by atomic mass is 9.99. The summed E-state index contributed by atoms with van der Waals surface area (Å²) < 4.78 is 15.0. The summed E-state index contributed by atoms with van der Waals surface area (Å²) >= 11 is 1.66. The lowest BCUT2D eigenvalue weighted by Gasteiger charge is -2.36. The fourth-order valence-electron chi connectivity index (χ4n) is 5.90. The van der Waals surface area contributed by atoms with Crippen LogP contribution in [0.2, 0.25) is 0 Å². The van der Waals surface area contributed by atoms with Gasteiger partial charge in [-0.2, -0.15) is 0 Å². The lowest BCUT2D eigenvalue weighted by Crippen LogP contribution is -2.31. The van der Waals surface area contributed by atoms with Crippen LogP contribution in [0.4, 0.5) is 11.4 Å². The van der Waals surface area contributed by atoms with Crippen molar-refractivity contribution in [2.45, 2.75) is 62.5 Å². The maximum atomic E-state index is 12.5. The van der Waals surface area contributed by atoms with Crippen LogP contribution in [-0.4, -0.2) is 38.3 Å². The number of hydrogen-bond acceptors (Lipinski definition) is 8. The number of anilines is 2. The number of aromatic nitrogens is 2. The fraction of sp³-hybridized carbons (Fsp3) is 0.275. The van der Waals surface area contributed by atoms with E-state index in [0.29, 0.717) is 30.8 Å². The van der Waals surface area contributed by atoms with E-state index in [1.165, 1.54) is 0 Å². The summed E-state index contributed by atoms with van der Waals surface area (Å²) in [5.41, 5.74) is 12.8. The number of para-hydroxylation sites is 2. The lowest BCUT2D eigenvalue weighted by molar-refractivity contribution is -0.245. The van der Waals surface area contributed by atoms with Gasteiger partial charge in [-0.15, -0.1) is 0 Å². The summed E-state index contributed by atoms with van der Waals surface area (Å²) in [4.78, 5) is 29.3. The van der Waals surface area contributed by atoms with Crippen molar-refractivity contribution in [3.8, 4) is 11.1 Å². The third-order valence-electron chi connectivity index (χ3n) is 8.77.